The van der Waals surface area contributed by atoms with Crippen LogP contribution >= 0.6 is 0 Å². The highest BCUT2D eigenvalue weighted by Gasteiger charge is 2.35. The number of furan rings is 1. The minimum atomic E-state index is -2.94. The summed E-state index contributed by atoms with van der Waals surface area (Å²) in [5.41, 5.74) is 0.433. The number of nitrogens with zero attached hydrogens (tertiary/aromatic N) is 1. The van der Waals surface area contributed by atoms with E-state index in [4.69, 9.17) is 4.42 Å². The van der Waals surface area contributed by atoms with Gasteiger partial charge in [0.15, 0.2) is 5.76 Å². The van der Waals surface area contributed by atoms with Crippen LogP contribution in [0.4, 0.5) is 8.78 Å². The molecule has 0 saturated carbocycles. The van der Waals surface area contributed by atoms with E-state index in [1.54, 1.807) is 30.3 Å². The zero-order valence-electron chi connectivity index (χ0n) is 13.9. The van der Waals surface area contributed by atoms with Crippen LogP contribution in [0.3, 0.4) is 0 Å². The number of hydrogen-bond donors (Lipinski definition) is 1. The quantitative estimate of drug-likeness (QED) is 0.856. The standard InChI is InChI=1S/C18H18F2N2O4/c19-18(20)26-14-7-2-1-5-12(14)11-21-16(23)13-6-3-9-22(13)17(24)15-8-4-10-25-15/h1-2,4-5,7-8,10,13,18H,3,6,9,11H2,(H,21,23)/t13-/m0/s1. The Labute approximate surface area is 148 Å². The van der Waals surface area contributed by atoms with Gasteiger partial charge in [-0.05, 0) is 31.0 Å². The normalized spacial score (nSPS) is 16.7. The van der Waals surface area contributed by atoms with Gasteiger partial charge in [-0.2, -0.15) is 8.78 Å². The van der Waals surface area contributed by atoms with Crippen molar-refractivity contribution in [3.8, 4) is 5.75 Å². The highest BCUT2D eigenvalue weighted by atomic mass is 19.3. The fourth-order valence-corrected chi connectivity index (χ4v) is 2.99. The lowest BCUT2D eigenvalue weighted by molar-refractivity contribution is -0.125. The van der Waals surface area contributed by atoms with E-state index in [-0.39, 0.29) is 29.9 Å². The van der Waals surface area contributed by atoms with E-state index < -0.39 is 12.7 Å². The molecule has 26 heavy (non-hydrogen) atoms. The Morgan fingerprint density at radius 2 is 2.08 bits per heavy atom. The molecule has 2 heterocycles. The average molecular weight is 364 g/mol. The van der Waals surface area contributed by atoms with Crippen molar-refractivity contribution in [2.45, 2.75) is 32.0 Å². The van der Waals surface area contributed by atoms with Gasteiger partial charge in [0.1, 0.15) is 11.8 Å². The molecular weight excluding hydrogens is 346 g/mol. The first-order valence-corrected chi connectivity index (χ1v) is 8.21. The van der Waals surface area contributed by atoms with Gasteiger partial charge < -0.3 is 19.4 Å². The minimum absolute atomic E-state index is 0.0118. The molecular formula is C18H18F2N2O4. The Morgan fingerprint density at radius 1 is 1.27 bits per heavy atom. The molecule has 1 aliphatic rings. The topological polar surface area (TPSA) is 71.8 Å². The lowest BCUT2D eigenvalue weighted by Crippen LogP contribution is -2.45. The number of nitrogens with one attached hydrogen (secondary N) is 1. The van der Waals surface area contributed by atoms with E-state index in [9.17, 15) is 18.4 Å². The Morgan fingerprint density at radius 3 is 2.81 bits per heavy atom. The van der Waals surface area contributed by atoms with Crippen LogP contribution in [-0.2, 0) is 11.3 Å². The first kappa shape index (κ1) is 17.9. The fraction of sp³-hybridized carbons (Fsp3) is 0.333. The van der Waals surface area contributed by atoms with Gasteiger partial charge in [-0.1, -0.05) is 18.2 Å². The molecule has 0 aliphatic carbocycles. The van der Waals surface area contributed by atoms with Crippen LogP contribution in [0, 0.1) is 0 Å². The van der Waals surface area contributed by atoms with Gasteiger partial charge in [0, 0.05) is 18.7 Å². The van der Waals surface area contributed by atoms with Crippen LogP contribution in [-0.4, -0.2) is 35.9 Å². The summed E-state index contributed by atoms with van der Waals surface area (Å²) in [6.07, 6.45) is 2.64. The molecule has 1 aromatic carbocycles. The number of carbonyl (C=O) groups is 2. The third-order valence-electron chi connectivity index (χ3n) is 4.19. The summed E-state index contributed by atoms with van der Waals surface area (Å²) >= 11 is 0. The number of halogens is 2. The molecule has 2 aromatic rings. The number of amides is 2. The molecule has 138 valence electrons. The van der Waals surface area contributed by atoms with Crippen LogP contribution in [0.5, 0.6) is 5.75 Å². The second-order valence-electron chi connectivity index (χ2n) is 5.84. The van der Waals surface area contributed by atoms with Gasteiger partial charge in [0.2, 0.25) is 5.91 Å². The summed E-state index contributed by atoms with van der Waals surface area (Å²) in [7, 11) is 0. The molecule has 0 radical (unpaired) electrons. The number of carbonyl (C=O) groups excluding carboxylic acids is 2. The largest absolute Gasteiger partial charge is 0.459 e. The van der Waals surface area contributed by atoms with Crippen LogP contribution in [0.25, 0.3) is 0 Å². The molecule has 1 fully saturated rings. The van der Waals surface area contributed by atoms with E-state index in [1.807, 2.05) is 0 Å². The molecule has 1 aromatic heterocycles. The van der Waals surface area contributed by atoms with Crippen LogP contribution in [0.1, 0.15) is 29.0 Å². The Balaban J connectivity index is 1.64. The highest BCUT2D eigenvalue weighted by molar-refractivity contribution is 5.95. The van der Waals surface area contributed by atoms with E-state index in [0.29, 0.717) is 24.9 Å². The van der Waals surface area contributed by atoms with Gasteiger partial charge in [-0.15, -0.1) is 0 Å². The summed E-state index contributed by atoms with van der Waals surface area (Å²) < 4.78 is 34.5. The summed E-state index contributed by atoms with van der Waals surface area (Å²) in [6, 6.07) is 8.79. The van der Waals surface area contributed by atoms with Crippen molar-refractivity contribution in [1.29, 1.82) is 0 Å². The smallest absolute Gasteiger partial charge is 0.387 e. The first-order valence-electron chi connectivity index (χ1n) is 8.21. The zero-order chi connectivity index (χ0) is 18.5. The van der Waals surface area contributed by atoms with Gasteiger partial charge >= 0.3 is 6.61 Å². The van der Waals surface area contributed by atoms with Crippen molar-refractivity contribution in [1.82, 2.24) is 10.2 Å². The predicted molar refractivity (Wildman–Crippen MR) is 87.7 cm³/mol. The van der Waals surface area contributed by atoms with Crippen LogP contribution in [0.15, 0.2) is 47.1 Å². The third-order valence-corrected chi connectivity index (χ3v) is 4.19. The summed E-state index contributed by atoms with van der Waals surface area (Å²) in [4.78, 5) is 26.4. The Kier molecular flexibility index (Phi) is 5.50. The number of rotatable bonds is 6. The lowest BCUT2D eigenvalue weighted by Gasteiger charge is -2.23. The van der Waals surface area contributed by atoms with E-state index in [0.717, 1.165) is 0 Å². The molecule has 1 atom stereocenters. The third kappa shape index (κ3) is 4.01. The molecule has 0 spiro atoms. The Hall–Kier alpha value is -2.90. The molecule has 0 unspecified atom stereocenters. The van der Waals surface area contributed by atoms with Crippen LogP contribution in [0.2, 0.25) is 0 Å². The molecule has 8 heteroatoms. The van der Waals surface area contributed by atoms with Crippen LogP contribution < -0.4 is 10.1 Å². The monoisotopic (exact) mass is 364 g/mol. The summed E-state index contributed by atoms with van der Waals surface area (Å²) in [5.74, 6) is -0.485. The van der Waals surface area contributed by atoms with Gasteiger partial charge in [-0.3, -0.25) is 9.59 Å². The molecule has 1 aliphatic heterocycles. The number of benzene rings is 1. The molecule has 1 N–H and O–H groups in total. The van der Waals surface area contributed by atoms with E-state index >= 15 is 0 Å². The van der Waals surface area contributed by atoms with E-state index in [1.165, 1.54) is 17.2 Å². The number of ether oxygens (including phenoxy) is 1. The van der Waals surface area contributed by atoms with Crippen molar-refractivity contribution in [3.63, 3.8) is 0 Å². The summed E-state index contributed by atoms with van der Waals surface area (Å²) in [5, 5.41) is 2.70. The minimum Gasteiger partial charge on any atom is -0.459 e. The molecule has 2 amide bonds. The SMILES string of the molecule is O=C(NCc1ccccc1OC(F)F)[C@@H]1CCCN1C(=O)c1ccco1. The fourth-order valence-electron chi connectivity index (χ4n) is 2.99. The molecule has 3 rings (SSSR count). The maximum Gasteiger partial charge on any atom is 0.387 e. The Bertz CT molecular complexity index is 764. The van der Waals surface area contributed by atoms with Crippen molar-refractivity contribution < 1.29 is 27.5 Å². The van der Waals surface area contributed by atoms with Gasteiger partial charge in [0.05, 0.1) is 6.26 Å². The average Bonchev–Trinajstić information content (AvgIpc) is 3.31. The van der Waals surface area contributed by atoms with Gasteiger partial charge in [-0.25, -0.2) is 0 Å². The second kappa shape index (κ2) is 7.99. The lowest BCUT2D eigenvalue weighted by atomic mass is 10.1. The maximum absolute atomic E-state index is 12.5. The molecule has 0 bridgehead atoms. The first-order chi connectivity index (χ1) is 12.6. The molecule has 6 nitrogen and oxygen atoms in total. The van der Waals surface area contributed by atoms with Crippen molar-refractivity contribution >= 4 is 11.8 Å². The number of alkyl halides is 2. The van der Waals surface area contributed by atoms with Crippen molar-refractivity contribution in [2.75, 3.05) is 6.54 Å². The second-order valence-corrected chi connectivity index (χ2v) is 5.84. The zero-order valence-corrected chi connectivity index (χ0v) is 13.9. The molecule has 1 saturated heterocycles. The summed E-state index contributed by atoms with van der Waals surface area (Å²) in [6.45, 7) is -2.45. The van der Waals surface area contributed by atoms with E-state index in [2.05, 4.69) is 10.1 Å². The maximum atomic E-state index is 12.5. The van der Waals surface area contributed by atoms with Gasteiger partial charge in [0.25, 0.3) is 5.91 Å². The van der Waals surface area contributed by atoms with Crippen molar-refractivity contribution in [2.24, 2.45) is 0 Å². The number of para-hydroxylation sites is 1. The highest BCUT2D eigenvalue weighted by Crippen LogP contribution is 2.22. The van der Waals surface area contributed by atoms with Crippen molar-refractivity contribution in [3.05, 3.63) is 54.0 Å². The predicted octanol–water partition coefficient (Wildman–Crippen LogP) is 2.80. The number of hydrogen-bond acceptors (Lipinski definition) is 4. The number of likely N-dealkylation sites (tertiary alicyclic amines) is 1.